The Hall–Kier alpha value is -1.80. The van der Waals surface area contributed by atoms with Crippen molar-refractivity contribution in [3.05, 3.63) is 59.7 Å². The van der Waals surface area contributed by atoms with Crippen LogP contribution in [0.3, 0.4) is 0 Å². The molecule has 1 N–H and O–H groups in total. The summed E-state index contributed by atoms with van der Waals surface area (Å²) in [5, 5.41) is 2.25. The number of rotatable bonds is 5. The van der Waals surface area contributed by atoms with Crippen molar-refractivity contribution in [3.63, 3.8) is 0 Å². The van der Waals surface area contributed by atoms with E-state index in [1.54, 1.807) is 12.1 Å². The highest BCUT2D eigenvalue weighted by Gasteiger charge is 2.33. The minimum atomic E-state index is -4.53. The van der Waals surface area contributed by atoms with Crippen molar-refractivity contribution >= 4 is 35.1 Å². The molecule has 26 heavy (non-hydrogen) atoms. The minimum absolute atomic E-state index is 0.278. The molecule has 3 rings (SSSR count). The summed E-state index contributed by atoms with van der Waals surface area (Å²) in [5.41, 5.74) is 0.0249. The van der Waals surface area contributed by atoms with E-state index in [0.29, 0.717) is 10.3 Å². The summed E-state index contributed by atoms with van der Waals surface area (Å²) in [5.74, 6) is 2.12. The van der Waals surface area contributed by atoms with Crippen LogP contribution in [0, 0.1) is 0 Å². The van der Waals surface area contributed by atoms with E-state index in [1.807, 2.05) is 35.7 Å². The van der Waals surface area contributed by atoms with Gasteiger partial charge >= 0.3 is 6.18 Å². The van der Waals surface area contributed by atoms with E-state index >= 15 is 0 Å². The second-order valence-electron chi connectivity index (χ2n) is 5.52. The molecule has 0 bridgehead atoms. The van der Waals surface area contributed by atoms with Crippen LogP contribution in [-0.2, 0) is 11.0 Å². The van der Waals surface area contributed by atoms with E-state index in [1.165, 1.54) is 23.8 Å². The third-order valence-electron chi connectivity index (χ3n) is 3.65. The molecule has 1 aliphatic heterocycles. The van der Waals surface area contributed by atoms with Crippen LogP contribution in [0.15, 0.2) is 48.5 Å². The maximum Gasteiger partial charge on any atom is 0.418 e. The first-order valence-electron chi connectivity index (χ1n) is 7.85. The number of benzene rings is 2. The highest BCUT2D eigenvalue weighted by atomic mass is 32.2. The number of hydrogen-bond donors (Lipinski definition) is 1. The number of alkyl halides is 3. The van der Waals surface area contributed by atoms with Gasteiger partial charge in [0.2, 0.25) is 0 Å². The molecule has 2 aromatic rings. The maximum absolute atomic E-state index is 12.9. The lowest BCUT2D eigenvalue weighted by molar-refractivity contribution is -0.137. The van der Waals surface area contributed by atoms with E-state index in [4.69, 9.17) is 4.74 Å². The number of anilines is 1. The fourth-order valence-corrected chi connectivity index (χ4v) is 5.31. The molecular formula is C18H16F3NO2S2. The molecule has 1 saturated heterocycles. The van der Waals surface area contributed by atoms with Gasteiger partial charge in [-0.05, 0) is 29.8 Å². The quantitative estimate of drug-likeness (QED) is 0.750. The maximum atomic E-state index is 12.9. The van der Waals surface area contributed by atoms with Crippen LogP contribution in [0.2, 0.25) is 0 Å². The van der Waals surface area contributed by atoms with Crippen LogP contribution in [0.25, 0.3) is 0 Å². The van der Waals surface area contributed by atoms with E-state index in [2.05, 4.69) is 5.32 Å². The third-order valence-corrected chi connectivity index (χ3v) is 6.75. The fraction of sp³-hybridized carbons (Fsp3) is 0.278. The number of carbonyl (C=O) groups excluding carboxylic acids is 1. The average Bonchev–Trinajstić information content (AvgIpc) is 3.15. The largest absolute Gasteiger partial charge is 0.484 e. The molecule has 1 amide bonds. The highest BCUT2D eigenvalue weighted by molar-refractivity contribution is 8.19. The molecular weight excluding hydrogens is 383 g/mol. The summed E-state index contributed by atoms with van der Waals surface area (Å²) in [6, 6.07) is 12.3. The number of amides is 1. The van der Waals surface area contributed by atoms with Gasteiger partial charge in [0.25, 0.3) is 5.91 Å². The van der Waals surface area contributed by atoms with Gasteiger partial charge in [-0.15, -0.1) is 23.5 Å². The molecule has 1 fully saturated rings. The van der Waals surface area contributed by atoms with Gasteiger partial charge in [-0.2, -0.15) is 13.2 Å². The highest BCUT2D eigenvalue weighted by Crippen LogP contribution is 2.45. The zero-order chi connectivity index (χ0) is 18.6. The standard InChI is InChI=1S/C18H16F3NO2S2/c19-18(20,21)14-3-1-2-4-15(14)22-16(23)11-24-13-7-5-12(6-8-13)17-25-9-10-26-17/h1-8,17H,9-11H2,(H,22,23). The van der Waals surface area contributed by atoms with Crippen LogP contribution in [0.1, 0.15) is 15.7 Å². The van der Waals surface area contributed by atoms with Gasteiger partial charge in [-0.3, -0.25) is 4.79 Å². The van der Waals surface area contributed by atoms with Gasteiger partial charge in [0.1, 0.15) is 5.75 Å². The first kappa shape index (κ1) is 19.0. The van der Waals surface area contributed by atoms with Crippen molar-refractivity contribution in [2.45, 2.75) is 10.8 Å². The van der Waals surface area contributed by atoms with E-state index in [0.717, 1.165) is 17.6 Å². The summed E-state index contributed by atoms with van der Waals surface area (Å²) in [6.45, 7) is -0.363. The van der Waals surface area contributed by atoms with E-state index in [-0.39, 0.29) is 12.3 Å². The first-order valence-corrected chi connectivity index (χ1v) is 9.95. The van der Waals surface area contributed by atoms with Gasteiger partial charge in [0, 0.05) is 11.5 Å². The average molecular weight is 399 g/mol. The summed E-state index contributed by atoms with van der Waals surface area (Å²) in [6.07, 6.45) is -4.53. The zero-order valence-corrected chi connectivity index (χ0v) is 15.2. The molecule has 0 saturated carbocycles. The predicted molar refractivity (Wildman–Crippen MR) is 99.7 cm³/mol. The SMILES string of the molecule is O=C(COc1ccc(C2SCCS2)cc1)Nc1ccccc1C(F)(F)F. The molecule has 0 unspecified atom stereocenters. The van der Waals surface area contributed by atoms with Gasteiger partial charge in [-0.25, -0.2) is 0 Å². The summed E-state index contributed by atoms with van der Waals surface area (Å²) < 4.78 is 44.6. The summed E-state index contributed by atoms with van der Waals surface area (Å²) in [7, 11) is 0. The predicted octanol–water partition coefficient (Wildman–Crippen LogP) is 5.20. The number of nitrogens with one attached hydrogen (secondary N) is 1. The molecule has 1 heterocycles. The molecule has 0 aliphatic carbocycles. The molecule has 2 aromatic carbocycles. The second kappa shape index (κ2) is 8.26. The van der Waals surface area contributed by atoms with Crippen LogP contribution >= 0.6 is 23.5 Å². The number of carbonyl (C=O) groups is 1. The molecule has 3 nitrogen and oxygen atoms in total. The van der Waals surface area contributed by atoms with Crippen molar-refractivity contribution in [1.29, 1.82) is 0 Å². The number of ether oxygens (including phenoxy) is 1. The van der Waals surface area contributed by atoms with Crippen LogP contribution in [0.4, 0.5) is 18.9 Å². The van der Waals surface area contributed by atoms with Crippen LogP contribution in [-0.4, -0.2) is 24.0 Å². The number of para-hydroxylation sites is 1. The molecule has 0 aromatic heterocycles. The van der Waals surface area contributed by atoms with Crippen molar-refractivity contribution in [2.75, 3.05) is 23.4 Å². The lowest BCUT2D eigenvalue weighted by atomic mass is 10.1. The van der Waals surface area contributed by atoms with Gasteiger partial charge in [0.05, 0.1) is 15.8 Å². The molecule has 0 spiro atoms. The Morgan fingerprint density at radius 2 is 1.73 bits per heavy atom. The van der Waals surface area contributed by atoms with Crippen molar-refractivity contribution in [1.82, 2.24) is 0 Å². The Bertz CT molecular complexity index is 760. The van der Waals surface area contributed by atoms with Gasteiger partial charge in [-0.1, -0.05) is 24.3 Å². The van der Waals surface area contributed by atoms with Crippen molar-refractivity contribution < 1.29 is 22.7 Å². The Balaban J connectivity index is 1.56. The first-order chi connectivity index (χ1) is 12.4. The number of thioether (sulfide) groups is 2. The van der Waals surface area contributed by atoms with Gasteiger partial charge in [0.15, 0.2) is 6.61 Å². The van der Waals surface area contributed by atoms with E-state index < -0.39 is 17.6 Å². The Morgan fingerprint density at radius 1 is 1.08 bits per heavy atom. The lowest BCUT2D eigenvalue weighted by Crippen LogP contribution is -2.22. The molecule has 1 aliphatic rings. The zero-order valence-electron chi connectivity index (χ0n) is 13.6. The second-order valence-corrected chi connectivity index (χ2v) is 8.25. The van der Waals surface area contributed by atoms with E-state index in [9.17, 15) is 18.0 Å². The van der Waals surface area contributed by atoms with Gasteiger partial charge < -0.3 is 10.1 Å². The smallest absolute Gasteiger partial charge is 0.418 e. The topological polar surface area (TPSA) is 38.3 Å². The Labute approximate surface area is 157 Å². The van der Waals surface area contributed by atoms with Crippen molar-refractivity contribution in [2.24, 2.45) is 0 Å². The third kappa shape index (κ3) is 4.88. The molecule has 8 heteroatoms. The molecule has 0 radical (unpaired) electrons. The van der Waals surface area contributed by atoms with Crippen LogP contribution < -0.4 is 10.1 Å². The molecule has 0 atom stereocenters. The summed E-state index contributed by atoms with van der Waals surface area (Å²) >= 11 is 3.78. The lowest BCUT2D eigenvalue weighted by Gasteiger charge is -2.14. The summed E-state index contributed by atoms with van der Waals surface area (Å²) in [4.78, 5) is 11.9. The van der Waals surface area contributed by atoms with Crippen LogP contribution in [0.5, 0.6) is 5.75 Å². The number of hydrogen-bond acceptors (Lipinski definition) is 4. The monoisotopic (exact) mass is 399 g/mol. The van der Waals surface area contributed by atoms with Crippen molar-refractivity contribution in [3.8, 4) is 5.75 Å². The fourth-order valence-electron chi connectivity index (χ4n) is 2.45. The Morgan fingerprint density at radius 3 is 2.38 bits per heavy atom. The molecule has 138 valence electrons. The number of halogens is 3. The minimum Gasteiger partial charge on any atom is -0.484 e. The normalized spacial score (nSPS) is 15.0. The Kier molecular flexibility index (Phi) is 6.03.